The number of aryl methyl sites for hydroxylation is 1. The molecule has 0 aliphatic heterocycles. The minimum Gasteiger partial charge on any atom is -0.388 e. The number of aromatic amines is 1. The Bertz CT molecular complexity index is 595. The van der Waals surface area contributed by atoms with E-state index in [1.807, 2.05) is 30.3 Å². The molecule has 1 amide bonds. The van der Waals surface area contributed by atoms with Gasteiger partial charge in [-0.1, -0.05) is 43.7 Å². The number of aromatic nitrogens is 2. The van der Waals surface area contributed by atoms with Gasteiger partial charge in [0.15, 0.2) is 0 Å². The van der Waals surface area contributed by atoms with Gasteiger partial charge in [0.05, 0.1) is 6.10 Å². The third-order valence-electron chi connectivity index (χ3n) is 3.64. The van der Waals surface area contributed by atoms with Crippen molar-refractivity contribution in [1.82, 2.24) is 15.1 Å². The first-order valence-electron chi connectivity index (χ1n) is 7.64. The molecule has 22 heavy (non-hydrogen) atoms. The van der Waals surface area contributed by atoms with Gasteiger partial charge in [0, 0.05) is 19.3 Å². The summed E-state index contributed by atoms with van der Waals surface area (Å²) in [5.41, 5.74) is 2.28. The molecule has 1 unspecified atom stereocenters. The van der Waals surface area contributed by atoms with Gasteiger partial charge in [-0.25, -0.2) is 0 Å². The second kappa shape index (κ2) is 7.75. The van der Waals surface area contributed by atoms with Crippen LogP contribution < -0.4 is 0 Å². The van der Waals surface area contributed by atoms with Crippen molar-refractivity contribution in [2.45, 2.75) is 32.3 Å². The number of rotatable bonds is 7. The van der Waals surface area contributed by atoms with Crippen molar-refractivity contribution in [2.24, 2.45) is 0 Å². The van der Waals surface area contributed by atoms with Crippen LogP contribution in [0.25, 0.3) is 0 Å². The summed E-state index contributed by atoms with van der Waals surface area (Å²) in [6.07, 6.45) is 1.83. The molecule has 1 aromatic carbocycles. The molecule has 0 aliphatic carbocycles. The number of nitrogens with zero attached hydrogens (tertiary/aromatic N) is 2. The predicted molar refractivity (Wildman–Crippen MR) is 85.6 cm³/mol. The third-order valence-corrected chi connectivity index (χ3v) is 3.64. The van der Waals surface area contributed by atoms with Crippen LogP contribution in [-0.4, -0.2) is 39.7 Å². The van der Waals surface area contributed by atoms with Gasteiger partial charge < -0.3 is 10.0 Å². The summed E-state index contributed by atoms with van der Waals surface area (Å²) in [5.74, 6) is -0.126. The van der Waals surface area contributed by atoms with E-state index in [4.69, 9.17) is 0 Å². The van der Waals surface area contributed by atoms with Crippen molar-refractivity contribution in [3.8, 4) is 0 Å². The van der Waals surface area contributed by atoms with Crippen LogP contribution in [-0.2, 0) is 6.42 Å². The van der Waals surface area contributed by atoms with Gasteiger partial charge in [-0.15, -0.1) is 0 Å². The minimum atomic E-state index is -0.564. The van der Waals surface area contributed by atoms with Crippen LogP contribution in [0.5, 0.6) is 0 Å². The zero-order valence-corrected chi connectivity index (χ0v) is 13.1. The molecule has 0 saturated heterocycles. The van der Waals surface area contributed by atoms with Crippen molar-refractivity contribution in [3.63, 3.8) is 0 Å². The average molecular weight is 301 g/mol. The molecule has 1 atom stereocenters. The van der Waals surface area contributed by atoms with E-state index in [-0.39, 0.29) is 5.91 Å². The Morgan fingerprint density at radius 1 is 1.36 bits per heavy atom. The van der Waals surface area contributed by atoms with E-state index in [9.17, 15) is 9.90 Å². The van der Waals surface area contributed by atoms with Crippen molar-refractivity contribution < 1.29 is 9.90 Å². The Balaban J connectivity index is 1.88. The number of amides is 1. The summed E-state index contributed by atoms with van der Waals surface area (Å²) < 4.78 is 0. The average Bonchev–Trinajstić information content (AvgIpc) is 3.01. The standard InChI is InChI=1S/C17H23N3O2/c1-3-7-14-12-15(19-18-14)17(22)20(2)11-10-16(21)13-8-5-4-6-9-13/h4-6,8-9,12,16,21H,3,7,10-11H2,1-2H3,(H,18,19). The van der Waals surface area contributed by atoms with Crippen molar-refractivity contribution in [1.29, 1.82) is 0 Å². The van der Waals surface area contributed by atoms with E-state index in [1.165, 1.54) is 0 Å². The summed E-state index contributed by atoms with van der Waals surface area (Å²) in [6, 6.07) is 11.3. The summed E-state index contributed by atoms with van der Waals surface area (Å²) in [7, 11) is 1.73. The number of hydrogen-bond donors (Lipinski definition) is 2. The van der Waals surface area contributed by atoms with Crippen molar-refractivity contribution >= 4 is 5.91 Å². The number of aliphatic hydroxyl groups is 1. The molecule has 5 heteroatoms. The zero-order chi connectivity index (χ0) is 15.9. The molecule has 0 fully saturated rings. The largest absolute Gasteiger partial charge is 0.388 e. The van der Waals surface area contributed by atoms with Crippen LogP contribution in [0, 0.1) is 0 Å². The van der Waals surface area contributed by atoms with Crippen molar-refractivity contribution in [2.75, 3.05) is 13.6 Å². The number of H-pyrrole nitrogens is 1. The first-order chi connectivity index (χ1) is 10.6. The van der Waals surface area contributed by atoms with E-state index < -0.39 is 6.10 Å². The molecule has 0 saturated carbocycles. The molecule has 2 rings (SSSR count). The van der Waals surface area contributed by atoms with Crippen molar-refractivity contribution in [3.05, 3.63) is 53.3 Å². The number of aliphatic hydroxyl groups excluding tert-OH is 1. The first kappa shape index (κ1) is 16.2. The van der Waals surface area contributed by atoms with E-state index in [0.29, 0.717) is 18.7 Å². The number of carbonyl (C=O) groups excluding carboxylic acids is 1. The fourth-order valence-corrected chi connectivity index (χ4v) is 2.32. The monoisotopic (exact) mass is 301 g/mol. The molecule has 118 valence electrons. The van der Waals surface area contributed by atoms with Crippen LogP contribution in [0.1, 0.15) is 47.6 Å². The molecule has 0 aliphatic rings. The Kier molecular flexibility index (Phi) is 5.72. The van der Waals surface area contributed by atoms with E-state index in [1.54, 1.807) is 18.0 Å². The predicted octanol–water partition coefficient (Wildman–Crippen LogP) is 2.56. The van der Waals surface area contributed by atoms with Crippen LogP contribution >= 0.6 is 0 Å². The number of hydrogen-bond acceptors (Lipinski definition) is 3. The topological polar surface area (TPSA) is 69.2 Å². The fraction of sp³-hybridized carbons (Fsp3) is 0.412. The highest BCUT2D eigenvalue weighted by Crippen LogP contribution is 2.16. The van der Waals surface area contributed by atoms with Gasteiger partial charge in [0.2, 0.25) is 0 Å². The van der Waals surface area contributed by atoms with Crippen LogP contribution in [0.2, 0.25) is 0 Å². The lowest BCUT2D eigenvalue weighted by Gasteiger charge is -2.18. The SMILES string of the molecule is CCCc1cc(C(=O)N(C)CCC(O)c2ccccc2)n[nH]1. The molecular weight excluding hydrogens is 278 g/mol. The quantitative estimate of drug-likeness (QED) is 0.826. The molecule has 1 heterocycles. The van der Waals surface area contributed by atoms with Gasteiger partial charge in [-0.2, -0.15) is 5.10 Å². The first-order valence-corrected chi connectivity index (χ1v) is 7.64. The lowest BCUT2D eigenvalue weighted by atomic mass is 10.1. The summed E-state index contributed by atoms with van der Waals surface area (Å²) in [5, 5.41) is 17.1. The van der Waals surface area contributed by atoms with Gasteiger partial charge >= 0.3 is 0 Å². The fourth-order valence-electron chi connectivity index (χ4n) is 2.32. The second-order valence-corrected chi connectivity index (χ2v) is 5.47. The third kappa shape index (κ3) is 4.18. The van der Waals surface area contributed by atoms with Crippen LogP contribution in [0.15, 0.2) is 36.4 Å². The lowest BCUT2D eigenvalue weighted by Crippen LogP contribution is -2.29. The second-order valence-electron chi connectivity index (χ2n) is 5.47. The summed E-state index contributed by atoms with van der Waals surface area (Å²) >= 11 is 0. The molecule has 0 bridgehead atoms. The summed E-state index contributed by atoms with van der Waals surface area (Å²) in [4.78, 5) is 13.9. The van der Waals surface area contributed by atoms with Crippen LogP contribution in [0.3, 0.4) is 0 Å². The Hall–Kier alpha value is -2.14. The van der Waals surface area contributed by atoms with Gasteiger partial charge in [-0.05, 0) is 24.5 Å². The lowest BCUT2D eigenvalue weighted by molar-refractivity contribution is 0.0755. The maximum atomic E-state index is 12.3. The minimum absolute atomic E-state index is 0.126. The maximum absolute atomic E-state index is 12.3. The molecule has 2 aromatic rings. The molecule has 1 aromatic heterocycles. The van der Waals surface area contributed by atoms with Crippen LogP contribution in [0.4, 0.5) is 0 Å². The molecule has 5 nitrogen and oxygen atoms in total. The van der Waals surface area contributed by atoms with Gasteiger partial charge in [0.25, 0.3) is 5.91 Å². The molecule has 2 N–H and O–H groups in total. The van der Waals surface area contributed by atoms with E-state index in [2.05, 4.69) is 17.1 Å². The summed E-state index contributed by atoms with van der Waals surface area (Å²) in [6.45, 7) is 2.56. The maximum Gasteiger partial charge on any atom is 0.274 e. The highest BCUT2D eigenvalue weighted by molar-refractivity contribution is 5.92. The number of benzene rings is 1. The highest BCUT2D eigenvalue weighted by atomic mass is 16.3. The smallest absolute Gasteiger partial charge is 0.274 e. The Morgan fingerprint density at radius 2 is 2.09 bits per heavy atom. The zero-order valence-electron chi connectivity index (χ0n) is 13.1. The van der Waals surface area contributed by atoms with E-state index in [0.717, 1.165) is 24.1 Å². The van der Waals surface area contributed by atoms with Gasteiger partial charge in [0.1, 0.15) is 5.69 Å². The molecular formula is C17H23N3O2. The van der Waals surface area contributed by atoms with E-state index >= 15 is 0 Å². The molecule has 0 radical (unpaired) electrons. The Labute approximate surface area is 131 Å². The Morgan fingerprint density at radius 3 is 2.77 bits per heavy atom. The number of carbonyl (C=O) groups is 1. The normalized spacial score (nSPS) is 12.1. The highest BCUT2D eigenvalue weighted by Gasteiger charge is 2.16. The number of nitrogens with one attached hydrogen (secondary N) is 1. The van der Waals surface area contributed by atoms with Gasteiger partial charge in [-0.3, -0.25) is 9.89 Å². The molecule has 0 spiro atoms.